The third-order valence-electron chi connectivity index (χ3n) is 3.15. The van der Waals surface area contributed by atoms with Gasteiger partial charge >= 0.3 is 0 Å². The third kappa shape index (κ3) is 4.73. The zero-order chi connectivity index (χ0) is 13.3. The zero-order valence-electron chi connectivity index (χ0n) is 11.6. The number of benzene rings is 1. The summed E-state index contributed by atoms with van der Waals surface area (Å²) < 4.78 is 16.0. The molecular formula is C15H23NO3. The number of hydrogen-bond acceptors (Lipinski definition) is 4. The number of methoxy groups -OCH3 is 1. The second kappa shape index (κ2) is 8.02. The average Bonchev–Trinajstić information content (AvgIpc) is 2.46. The lowest BCUT2D eigenvalue weighted by Gasteiger charge is -2.18. The van der Waals surface area contributed by atoms with Crippen LogP contribution in [0.2, 0.25) is 0 Å². The molecule has 106 valence electrons. The van der Waals surface area contributed by atoms with Crippen LogP contribution in [0.25, 0.3) is 0 Å². The topological polar surface area (TPSA) is 39.7 Å². The molecule has 0 amide bonds. The summed E-state index contributed by atoms with van der Waals surface area (Å²) in [5, 5.41) is 3.41. The maximum absolute atomic E-state index is 5.73. The summed E-state index contributed by atoms with van der Waals surface area (Å²) in [6, 6.07) is 6.31. The Morgan fingerprint density at radius 1 is 1.16 bits per heavy atom. The highest BCUT2D eigenvalue weighted by Crippen LogP contribution is 2.26. The maximum atomic E-state index is 5.73. The van der Waals surface area contributed by atoms with Crippen molar-refractivity contribution in [2.24, 2.45) is 0 Å². The minimum atomic E-state index is 0.650. The van der Waals surface area contributed by atoms with Gasteiger partial charge in [-0.15, -0.1) is 0 Å². The van der Waals surface area contributed by atoms with Gasteiger partial charge in [0, 0.05) is 38.4 Å². The molecule has 1 aliphatic heterocycles. The van der Waals surface area contributed by atoms with Gasteiger partial charge in [0.2, 0.25) is 0 Å². The molecule has 1 aromatic carbocycles. The monoisotopic (exact) mass is 265 g/mol. The minimum Gasteiger partial charge on any atom is -0.493 e. The Hall–Kier alpha value is -1.26. The lowest BCUT2D eigenvalue weighted by Crippen LogP contribution is -2.12. The van der Waals surface area contributed by atoms with Gasteiger partial charge in [0.05, 0.1) is 19.8 Å². The fourth-order valence-corrected chi connectivity index (χ4v) is 2.13. The first kappa shape index (κ1) is 14.2. The molecule has 0 aliphatic carbocycles. The van der Waals surface area contributed by atoms with Crippen LogP contribution in [0.3, 0.4) is 0 Å². The number of nitrogens with one attached hydrogen (secondary N) is 1. The Morgan fingerprint density at radius 3 is 3.00 bits per heavy atom. The molecule has 1 heterocycles. The predicted molar refractivity (Wildman–Crippen MR) is 76.1 cm³/mol. The summed E-state index contributed by atoms with van der Waals surface area (Å²) >= 11 is 0. The van der Waals surface area contributed by atoms with E-state index in [0.717, 1.165) is 25.1 Å². The SMILES string of the molecule is COCCOCCCOc1ccc2c(c1)NCCC2. The van der Waals surface area contributed by atoms with Gasteiger partial charge in [-0.2, -0.15) is 0 Å². The number of rotatable bonds is 8. The smallest absolute Gasteiger partial charge is 0.121 e. The van der Waals surface area contributed by atoms with E-state index in [0.29, 0.717) is 26.4 Å². The van der Waals surface area contributed by atoms with E-state index in [2.05, 4.69) is 23.5 Å². The second-order valence-corrected chi connectivity index (χ2v) is 4.66. The second-order valence-electron chi connectivity index (χ2n) is 4.66. The van der Waals surface area contributed by atoms with Crippen LogP contribution in [0.15, 0.2) is 18.2 Å². The largest absolute Gasteiger partial charge is 0.493 e. The fraction of sp³-hybridized carbons (Fsp3) is 0.600. The van der Waals surface area contributed by atoms with Gasteiger partial charge in [-0.25, -0.2) is 0 Å². The summed E-state index contributed by atoms with van der Waals surface area (Å²) in [7, 11) is 1.68. The normalized spacial score (nSPS) is 13.7. The van der Waals surface area contributed by atoms with Crippen LogP contribution in [-0.4, -0.2) is 40.1 Å². The van der Waals surface area contributed by atoms with Crippen molar-refractivity contribution in [1.29, 1.82) is 0 Å². The van der Waals surface area contributed by atoms with Crippen molar-refractivity contribution in [1.82, 2.24) is 0 Å². The molecular weight excluding hydrogens is 242 g/mol. The van der Waals surface area contributed by atoms with Crippen LogP contribution in [-0.2, 0) is 15.9 Å². The molecule has 1 aromatic rings. The van der Waals surface area contributed by atoms with E-state index in [1.807, 2.05) is 0 Å². The average molecular weight is 265 g/mol. The van der Waals surface area contributed by atoms with E-state index in [9.17, 15) is 0 Å². The molecule has 0 unspecified atom stereocenters. The maximum Gasteiger partial charge on any atom is 0.121 e. The zero-order valence-corrected chi connectivity index (χ0v) is 11.6. The van der Waals surface area contributed by atoms with Crippen LogP contribution < -0.4 is 10.1 Å². The van der Waals surface area contributed by atoms with Gasteiger partial charge in [0.15, 0.2) is 0 Å². The van der Waals surface area contributed by atoms with Gasteiger partial charge < -0.3 is 19.5 Å². The molecule has 0 atom stereocenters. The number of aryl methyl sites for hydroxylation is 1. The van der Waals surface area contributed by atoms with Gasteiger partial charge in [-0.05, 0) is 24.5 Å². The molecule has 19 heavy (non-hydrogen) atoms. The molecule has 0 aromatic heterocycles. The Labute approximate surface area is 115 Å². The third-order valence-corrected chi connectivity index (χ3v) is 3.15. The quantitative estimate of drug-likeness (QED) is 0.733. The molecule has 0 bridgehead atoms. The van der Waals surface area contributed by atoms with Crippen LogP contribution in [0.1, 0.15) is 18.4 Å². The Bertz CT molecular complexity index is 382. The van der Waals surface area contributed by atoms with Crippen molar-refractivity contribution in [3.8, 4) is 5.75 Å². The predicted octanol–water partition coefficient (Wildman–Crippen LogP) is 2.48. The molecule has 4 heteroatoms. The van der Waals surface area contributed by atoms with Crippen molar-refractivity contribution >= 4 is 5.69 Å². The summed E-state index contributed by atoms with van der Waals surface area (Å²) in [6.45, 7) is 3.76. The van der Waals surface area contributed by atoms with E-state index >= 15 is 0 Å². The first-order chi connectivity index (χ1) is 9.40. The Morgan fingerprint density at radius 2 is 2.11 bits per heavy atom. The molecule has 0 fully saturated rings. The molecule has 2 rings (SSSR count). The van der Waals surface area contributed by atoms with Crippen molar-refractivity contribution in [2.45, 2.75) is 19.3 Å². The Balaban J connectivity index is 1.66. The lowest BCUT2D eigenvalue weighted by atomic mass is 10.0. The van der Waals surface area contributed by atoms with Crippen molar-refractivity contribution < 1.29 is 14.2 Å². The summed E-state index contributed by atoms with van der Waals surface area (Å²) in [5.41, 5.74) is 2.61. The van der Waals surface area contributed by atoms with Gasteiger partial charge in [0.25, 0.3) is 0 Å². The summed E-state index contributed by atoms with van der Waals surface area (Å²) in [6.07, 6.45) is 3.27. The molecule has 0 saturated carbocycles. The van der Waals surface area contributed by atoms with Crippen molar-refractivity contribution in [2.75, 3.05) is 45.4 Å². The van der Waals surface area contributed by atoms with E-state index in [1.54, 1.807) is 7.11 Å². The highest BCUT2D eigenvalue weighted by Gasteiger charge is 2.08. The molecule has 0 saturated heterocycles. The lowest BCUT2D eigenvalue weighted by molar-refractivity contribution is 0.0644. The van der Waals surface area contributed by atoms with E-state index < -0.39 is 0 Å². The fourth-order valence-electron chi connectivity index (χ4n) is 2.13. The standard InChI is InChI=1S/C15H23NO3/c1-17-10-11-18-8-3-9-19-14-6-5-13-4-2-7-16-15(13)12-14/h5-6,12,16H,2-4,7-11H2,1H3. The molecule has 4 nitrogen and oxygen atoms in total. The van der Waals surface area contributed by atoms with E-state index in [-0.39, 0.29) is 0 Å². The number of ether oxygens (including phenoxy) is 3. The molecule has 0 spiro atoms. The van der Waals surface area contributed by atoms with Crippen LogP contribution in [0.5, 0.6) is 5.75 Å². The van der Waals surface area contributed by atoms with Gasteiger partial charge in [-0.3, -0.25) is 0 Å². The van der Waals surface area contributed by atoms with E-state index in [4.69, 9.17) is 14.2 Å². The number of fused-ring (bicyclic) bond motifs is 1. The van der Waals surface area contributed by atoms with Crippen molar-refractivity contribution in [3.63, 3.8) is 0 Å². The summed E-state index contributed by atoms with van der Waals surface area (Å²) in [4.78, 5) is 0. The number of anilines is 1. The highest BCUT2D eigenvalue weighted by atomic mass is 16.5. The summed E-state index contributed by atoms with van der Waals surface area (Å²) in [5.74, 6) is 0.935. The van der Waals surface area contributed by atoms with Crippen LogP contribution in [0.4, 0.5) is 5.69 Å². The first-order valence-electron chi connectivity index (χ1n) is 6.96. The highest BCUT2D eigenvalue weighted by molar-refractivity contribution is 5.56. The molecule has 1 aliphatic rings. The molecule has 0 radical (unpaired) electrons. The van der Waals surface area contributed by atoms with Crippen LogP contribution in [0, 0.1) is 0 Å². The Kier molecular flexibility index (Phi) is 5.98. The first-order valence-corrected chi connectivity index (χ1v) is 6.96. The van der Waals surface area contributed by atoms with Gasteiger partial charge in [0.1, 0.15) is 5.75 Å². The number of hydrogen-bond donors (Lipinski definition) is 1. The van der Waals surface area contributed by atoms with Crippen molar-refractivity contribution in [3.05, 3.63) is 23.8 Å². The molecule has 1 N–H and O–H groups in total. The van der Waals surface area contributed by atoms with Gasteiger partial charge in [-0.1, -0.05) is 6.07 Å². The minimum absolute atomic E-state index is 0.650. The van der Waals surface area contributed by atoms with Crippen LogP contribution >= 0.6 is 0 Å². The van der Waals surface area contributed by atoms with E-state index in [1.165, 1.54) is 17.7 Å².